The molecule has 0 radical (unpaired) electrons. The standard InChI is InChI=1S/C34H18F4/c35-21-13-19(14-22(36)17-21)25-7-3-8-26(20-15-23(37)18-24(38)16-20)33(25)32-12-11-31-28-6-2-1-5-27(28)29-9-4-10-30(32)34(29)31/h1-18H. The molecule has 0 atom stereocenters. The third-order valence-corrected chi connectivity index (χ3v) is 7.23. The largest absolute Gasteiger partial charge is 0.207 e. The van der Waals surface area contributed by atoms with Gasteiger partial charge in [0, 0.05) is 12.1 Å². The van der Waals surface area contributed by atoms with Crippen LogP contribution in [0.5, 0.6) is 0 Å². The summed E-state index contributed by atoms with van der Waals surface area (Å²) in [6.07, 6.45) is 0. The van der Waals surface area contributed by atoms with Gasteiger partial charge in [0.1, 0.15) is 23.3 Å². The first kappa shape index (κ1) is 22.5. The summed E-state index contributed by atoms with van der Waals surface area (Å²) in [7, 11) is 0. The third kappa shape index (κ3) is 3.45. The van der Waals surface area contributed by atoms with Gasteiger partial charge in [-0.25, -0.2) is 17.6 Å². The fraction of sp³-hybridized carbons (Fsp3) is 0. The minimum Gasteiger partial charge on any atom is -0.207 e. The molecule has 182 valence electrons. The van der Waals surface area contributed by atoms with Gasteiger partial charge in [0.15, 0.2) is 0 Å². The smallest absolute Gasteiger partial charge is 0.126 e. The molecule has 0 bridgehead atoms. The highest BCUT2D eigenvalue weighted by Crippen LogP contribution is 2.51. The first-order chi connectivity index (χ1) is 18.5. The summed E-state index contributed by atoms with van der Waals surface area (Å²) in [6.45, 7) is 0. The molecule has 0 amide bonds. The molecule has 0 nitrogen and oxygen atoms in total. The van der Waals surface area contributed by atoms with Crippen LogP contribution in [0.1, 0.15) is 0 Å². The highest BCUT2D eigenvalue weighted by molar-refractivity contribution is 6.20. The van der Waals surface area contributed by atoms with E-state index in [4.69, 9.17) is 0 Å². The number of hydrogen-bond acceptors (Lipinski definition) is 0. The molecule has 0 heterocycles. The van der Waals surface area contributed by atoms with Gasteiger partial charge in [0.25, 0.3) is 0 Å². The van der Waals surface area contributed by atoms with E-state index in [2.05, 4.69) is 18.2 Å². The lowest BCUT2D eigenvalue weighted by Crippen LogP contribution is -1.94. The van der Waals surface area contributed by atoms with Crippen molar-refractivity contribution in [2.45, 2.75) is 0 Å². The van der Waals surface area contributed by atoms with Crippen LogP contribution < -0.4 is 0 Å². The van der Waals surface area contributed by atoms with Crippen LogP contribution in [0, 0.1) is 23.3 Å². The van der Waals surface area contributed by atoms with Crippen molar-refractivity contribution in [1.29, 1.82) is 0 Å². The van der Waals surface area contributed by atoms with Gasteiger partial charge in [0.05, 0.1) is 0 Å². The van der Waals surface area contributed by atoms with Crippen LogP contribution in [0.15, 0.2) is 109 Å². The Bertz CT molecular complexity index is 1780. The second-order valence-corrected chi connectivity index (χ2v) is 9.48. The maximum atomic E-state index is 14.4. The molecule has 6 aromatic rings. The van der Waals surface area contributed by atoms with Gasteiger partial charge >= 0.3 is 0 Å². The SMILES string of the molecule is Fc1cc(F)cc(-c2cccc(-c3cc(F)cc(F)c3)c2-c2ccc3c4c(cccc24)-c2ccccc2-3)c1. The van der Waals surface area contributed by atoms with Gasteiger partial charge in [-0.3, -0.25) is 0 Å². The zero-order valence-electron chi connectivity index (χ0n) is 19.9. The number of benzene rings is 6. The van der Waals surface area contributed by atoms with Crippen molar-refractivity contribution < 1.29 is 17.6 Å². The first-order valence-corrected chi connectivity index (χ1v) is 12.2. The molecule has 1 aliphatic carbocycles. The van der Waals surface area contributed by atoms with Crippen LogP contribution in [0.3, 0.4) is 0 Å². The quantitative estimate of drug-likeness (QED) is 0.211. The fourth-order valence-electron chi connectivity index (χ4n) is 5.77. The summed E-state index contributed by atoms with van der Waals surface area (Å²) >= 11 is 0. The second-order valence-electron chi connectivity index (χ2n) is 9.48. The predicted molar refractivity (Wildman–Crippen MR) is 145 cm³/mol. The summed E-state index contributed by atoms with van der Waals surface area (Å²) in [5.41, 5.74) is 7.70. The Hall–Kier alpha value is -4.70. The first-order valence-electron chi connectivity index (χ1n) is 12.2. The highest BCUT2D eigenvalue weighted by Gasteiger charge is 2.24. The van der Waals surface area contributed by atoms with Gasteiger partial charge in [-0.05, 0) is 90.7 Å². The summed E-state index contributed by atoms with van der Waals surface area (Å²) in [5, 5.41) is 2.02. The molecule has 0 unspecified atom stereocenters. The lowest BCUT2D eigenvalue weighted by molar-refractivity contribution is 0.583. The summed E-state index contributed by atoms with van der Waals surface area (Å²) in [6, 6.07) is 30.3. The van der Waals surface area contributed by atoms with E-state index in [1.807, 2.05) is 36.4 Å². The van der Waals surface area contributed by atoms with Crippen molar-refractivity contribution in [3.63, 3.8) is 0 Å². The zero-order chi connectivity index (χ0) is 26.0. The van der Waals surface area contributed by atoms with Crippen LogP contribution in [-0.2, 0) is 0 Å². The summed E-state index contributed by atoms with van der Waals surface area (Å²) < 4.78 is 57.4. The van der Waals surface area contributed by atoms with E-state index in [-0.39, 0.29) is 0 Å². The highest BCUT2D eigenvalue weighted by atomic mass is 19.1. The van der Waals surface area contributed by atoms with Gasteiger partial charge in [-0.1, -0.05) is 72.8 Å². The monoisotopic (exact) mass is 502 g/mol. The van der Waals surface area contributed by atoms with Gasteiger partial charge in [0.2, 0.25) is 0 Å². The van der Waals surface area contributed by atoms with Crippen molar-refractivity contribution in [2.75, 3.05) is 0 Å². The second kappa shape index (κ2) is 8.42. The van der Waals surface area contributed by atoms with E-state index in [1.165, 1.54) is 24.3 Å². The Labute approximate surface area is 216 Å². The molecule has 0 aromatic heterocycles. The number of fused-ring (bicyclic) bond motifs is 3. The summed E-state index contributed by atoms with van der Waals surface area (Å²) in [4.78, 5) is 0. The Kier molecular flexibility index (Phi) is 4.98. The van der Waals surface area contributed by atoms with E-state index in [0.717, 1.165) is 50.7 Å². The Morgan fingerprint density at radius 3 is 1.32 bits per heavy atom. The minimum atomic E-state index is -0.705. The van der Waals surface area contributed by atoms with Crippen LogP contribution >= 0.6 is 0 Å². The molecule has 0 N–H and O–H groups in total. The molecule has 7 rings (SSSR count). The van der Waals surface area contributed by atoms with Crippen LogP contribution in [0.2, 0.25) is 0 Å². The van der Waals surface area contributed by atoms with Crippen molar-refractivity contribution >= 4 is 10.8 Å². The van der Waals surface area contributed by atoms with E-state index in [9.17, 15) is 17.6 Å². The number of hydrogen-bond donors (Lipinski definition) is 0. The van der Waals surface area contributed by atoms with Crippen molar-refractivity contribution in [3.05, 3.63) is 132 Å². The lowest BCUT2D eigenvalue weighted by atomic mass is 9.84. The average molecular weight is 503 g/mol. The molecule has 1 aliphatic rings. The fourth-order valence-corrected chi connectivity index (χ4v) is 5.77. The van der Waals surface area contributed by atoms with E-state index in [1.54, 1.807) is 18.2 Å². The lowest BCUT2D eigenvalue weighted by Gasteiger charge is -2.19. The normalized spacial score (nSPS) is 11.7. The Balaban J connectivity index is 1.60. The van der Waals surface area contributed by atoms with Crippen LogP contribution in [0.25, 0.3) is 66.4 Å². The number of rotatable bonds is 3. The van der Waals surface area contributed by atoms with E-state index < -0.39 is 23.3 Å². The van der Waals surface area contributed by atoms with Crippen molar-refractivity contribution in [1.82, 2.24) is 0 Å². The van der Waals surface area contributed by atoms with Gasteiger partial charge in [-0.2, -0.15) is 0 Å². The number of halogens is 4. The van der Waals surface area contributed by atoms with Crippen LogP contribution in [0.4, 0.5) is 17.6 Å². The molecule has 0 aliphatic heterocycles. The molecule has 0 saturated heterocycles. The van der Waals surface area contributed by atoms with Gasteiger partial charge < -0.3 is 0 Å². The molecule has 0 fully saturated rings. The maximum absolute atomic E-state index is 14.4. The van der Waals surface area contributed by atoms with Crippen molar-refractivity contribution in [2.24, 2.45) is 0 Å². The maximum Gasteiger partial charge on any atom is 0.126 e. The topological polar surface area (TPSA) is 0 Å². The molecular formula is C34H18F4. The van der Waals surface area contributed by atoms with Gasteiger partial charge in [-0.15, -0.1) is 0 Å². The van der Waals surface area contributed by atoms with Crippen molar-refractivity contribution in [3.8, 4) is 55.6 Å². The molecule has 6 aromatic carbocycles. The molecule has 0 spiro atoms. The Morgan fingerprint density at radius 1 is 0.342 bits per heavy atom. The van der Waals surface area contributed by atoms with E-state index in [0.29, 0.717) is 27.8 Å². The molecular weight excluding hydrogens is 484 g/mol. The molecule has 0 saturated carbocycles. The minimum absolute atomic E-state index is 0.336. The summed E-state index contributed by atoms with van der Waals surface area (Å²) in [5.74, 6) is -2.82. The van der Waals surface area contributed by atoms with E-state index >= 15 is 0 Å². The molecule has 38 heavy (non-hydrogen) atoms. The predicted octanol–water partition coefficient (Wildman–Crippen LogP) is 10.0. The Morgan fingerprint density at radius 2 is 0.763 bits per heavy atom. The zero-order valence-corrected chi connectivity index (χ0v) is 19.9. The molecule has 4 heteroatoms. The van der Waals surface area contributed by atoms with Crippen LogP contribution in [-0.4, -0.2) is 0 Å². The third-order valence-electron chi connectivity index (χ3n) is 7.23. The average Bonchev–Trinajstić information content (AvgIpc) is 3.23.